The van der Waals surface area contributed by atoms with Gasteiger partial charge in [-0.05, 0) is 34.8 Å². The normalized spacial score (nSPS) is 19.3. The van der Waals surface area contributed by atoms with Gasteiger partial charge in [0.15, 0.2) is 0 Å². The van der Waals surface area contributed by atoms with Crippen molar-refractivity contribution in [1.29, 1.82) is 0 Å². The third-order valence-corrected chi connectivity index (χ3v) is 4.21. The van der Waals surface area contributed by atoms with Crippen LogP contribution in [0.4, 0.5) is 19.0 Å². The van der Waals surface area contributed by atoms with E-state index in [4.69, 9.17) is 0 Å². The first-order valence-corrected chi connectivity index (χ1v) is 7.42. The Hall–Kier alpha value is -1.31. The van der Waals surface area contributed by atoms with E-state index in [1.807, 2.05) is 0 Å². The Balaban J connectivity index is 1.62. The average Bonchev–Trinajstić information content (AvgIpc) is 3.11. The second-order valence-corrected chi connectivity index (χ2v) is 6.27. The Labute approximate surface area is 127 Å². The number of nitrogens with one attached hydrogen (secondary N) is 1. The number of rotatable bonds is 3. The maximum absolute atomic E-state index is 12.6. The summed E-state index contributed by atoms with van der Waals surface area (Å²) in [4.78, 5) is 17.5. The fourth-order valence-electron chi connectivity index (χ4n) is 2.18. The third-order valence-electron chi connectivity index (χ3n) is 3.62. The topological polar surface area (TPSA) is 45.2 Å². The molecule has 2 fully saturated rings. The zero-order chi connectivity index (χ0) is 15.2. The van der Waals surface area contributed by atoms with E-state index in [1.165, 1.54) is 0 Å². The van der Waals surface area contributed by atoms with Crippen molar-refractivity contribution in [2.75, 3.05) is 18.0 Å². The maximum Gasteiger partial charge on any atom is 0.417 e. The van der Waals surface area contributed by atoms with Gasteiger partial charge in [0.2, 0.25) is 5.91 Å². The van der Waals surface area contributed by atoms with Crippen molar-refractivity contribution < 1.29 is 18.0 Å². The highest BCUT2D eigenvalue weighted by Gasteiger charge is 2.37. The lowest BCUT2D eigenvalue weighted by molar-refractivity contribution is -0.137. The van der Waals surface area contributed by atoms with Crippen LogP contribution in [0.25, 0.3) is 0 Å². The zero-order valence-electron chi connectivity index (χ0n) is 11.0. The van der Waals surface area contributed by atoms with Crippen LogP contribution in [0, 0.1) is 5.92 Å². The number of halogens is 4. The summed E-state index contributed by atoms with van der Waals surface area (Å²) >= 11 is 3.12. The molecule has 1 aromatic rings. The van der Waals surface area contributed by atoms with E-state index in [1.54, 1.807) is 4.90 Å². The minimum Gasteiger partial charge on any atom is -0.354 e. The van der Waals surface area contributed by atoms with Crippen LogP contribution in [0.2, 0.25) is 0 Å². The number of carbonyl (C=O) groups is 1. The molecule has 1 amide bonds. The third kappa shape index (κ3) is 3.14. The summed E-state index contributed by atoms with van der Waals surface area (Å²) in [5, 5.41) is 2.92. The molecule has 3 rings (SSSR count). The Bertz CT molecular complexity index is 568. The number of alkyl halides is 3. The number of hydrogen-bond acceptors (Lipinski definition) is 3. The molecule has 114 valence electrons. The molecule has 1 aliphatic heterocycles. The Morgan fingerprint density at radius 2 is 2.05 bits per heavy atom. The van der Waals surface area contributed by atoms with E-state index in [0.717, 1.165) is 25.1 Å². The van der Waals surface area contributed by atoms with Crippen LogP contribution in [0.3, 0.4) is 0 Å². The number of carbonyl (C=O) groups excluding carboxylic acids is 1. The predicted octanol–water partition coefficient (Wildman–Crippen LogP) is 2.58. The van der Waals surface area contributed by atoms with Crippen molar-refractivity contribution >= 4 is 27.7 Å². The number of anilines is 1. The Morgan fingerprint density at radius 3 is 2.57 bits per heavy atom. The lowest BCUT2D eigenvalue weighted by Crippen LogP contribution is -2.54. The van der Waals surface area contributed by atoms with Crippen LogP contribution in [0.1, 0.15) is 18.4 Å². The largest absolute Gasteiger partial charge is 0.417 e. The van der Waals surface area contributed by atoms with Gasteiger partial charge >= 0.3 is 6.18 Å². The van der Waals surface area contributed by atoms with Gasteiger partial charge in [0.25, 0.3) is 0 Å². The molecule has 21 heavy (non-hydrogen) atoms. The number of nitrogens with zero attached hydrogens (tertiary/aromatic N) is 2. The molecule has 1 N–H and O–H groups in total. The standard InChI is InChI=1S/C13H13BrF3N3O/c14-10-3-8(13(15,16)17)4-18-11(10)20-5-7(6-20)12(21)19-9-1-2-9/h3-4,7,9H,1-2,5-6H2,(H,19,21). The van der Waals surface area contributed by atoms with Crippen molar-refractivity contribution in [2.24, 2.45) is 5.92 Å². The highest BCUT2D eigenvalue weighted by Crippen LogP contribution is 2.35. The minimum atomic E-state index is -4.41. The minimum absolute atomic E-state index is 0.0248. The van der Waals surface area contributed by atoms with Crippen LogP contribution in [-0.2, 0) is 11.0 Å². The molecule has 2 aliphatic rings. The molecule has 0 radical (unpaired) electrons. The molecule has 8 heteroatoms. The highest BCUT2D eigenvalue weighted by atomic mass is 79.9. The van der Waals surface area contributed by atoms with Gasteiger partial charge in [-0.25, -0.2) is 4.98 Å². The van der Waals surface area contributed by atoms with Crippen LogP contribution < -0.4 is 10.2 Å². The van der Waals surface area contributed by atoms with Crippen molar-refractivity contribution in [3.8, 4) is 0 Å². The van der Waals surface area contributed by atoms with Crippen LogP contribution >= 0.6 is 15.9 Å². The molecule has 0 spiro atoms. The van der Waals surface area contributed by atoms with E-state index in [2.05, 4.69) is 26.2 Å². The van der Waals surface area contributed by atoms with Gasteiger partial charge in [-0.15, -0.1) is 0 Å². The summed E-state index contributed by atoms with van der Waals surface area (Å²) in [6.07, 6.45) is -1.52. The zero-order valence-corrected chi connectivity index (χ0v) is 12.5. The molecule has 0 bridgehead atoms. The monoisotopic (exact) mass is 363 g/mol. The van der Waals surface area contributed by atoms with Gasteiger partial charge in [-0.2, -0.15) is 13.2 Å². The Morgan fingerprint density at radius 1 is 1.38 bits per heavy atom. The molecular weight excluding hydrogens is 351 g/mol. The fraction of sp³-hybridized carbons (Fsp3) is 0.538. The van der Waals surface area contributed by atoms with E-state index in [9.17, 15) is 18.0 Å². The van der Waals surface area contributed by atoms with E-state index >= 15 is 0 Å². The summed E-state index contributed by atoms with van der Waals surface area (Å²) in [5.74, 6) is 0.358. The number of amides is 1. The van der Waals surface area contributed by atoms with Crippen LogP contribution in [0.15, 0.2) is 16.7 Å². The molecular formula is C13H13BrF3N3O. The second kappa shape index (κ2) is 5.15. The molecule has 1 saturated heterocycles. The molecule has 1 aliphatic carbocycles. The summed E-state index contributed by atoms with van der Waals surface area (Å²) in [6.45, 7) is 0.963. The number of pyridine rings is 1. The maximum atomic E-state index is 12.6. The predicted molar refractivity (Wildman–Crippen MR) is 73.8 cm³/mol. The lowest BCUT2D eigenvalue weighted by Gasteiger charge is -2.39. The average molecular weight is 364 g/mol. The molecule has 0 unspecified atom stereocenters. The second-order valence-electron chi connectivity index (χ2n) is 5.41. The van der Waals surface area contributed by atoms with Gasteiger partial charge < -0.3 is 10.2 Å². The molecule has 2 heterocycles. The summed E-state index contributed by atoms with van der Waals surface area (Å²) < 4.78 is 38.0. The fourth-order valence-corrected chi connectivity index (χ4v) is 2.78. The SMILES string of the molecule is O=C(NC1CC1)C1CN(c2ncc(C(F)(F)F)cc2Br)C1. The molecule has 0 aromatic carbocycles. The van der Waals surface area contributed by atoms with Crippen molar-refractivity contribution in [3.63, 3.8) is 0 Å². The van der Waals surface area contributed by atoms with Crippen LogP contribution in [0.5, 0.6) is 0 Å². The number of aromatic nitrogens is 1. The Kier molecular flexibility index (Phi) is 3.59. The van der Waals surface area contributed by atoms with E-state index < -0.39 is 11.7 Å². The lowest BCUT2D eigenvalue weighted by atomic mass is 9.99. The van der Waals surface area contributed by atoms with Crippen molar-refractivity contribution in [3.05, 3.63) is 22.3 Å². The van der Waals surface area contributed by atoms with Crippen molar-refractivity contribution in [2.45, 2.75) is 25.1 Å². The van der Waals surface area contributed by atoms with Gasteiger partial charge in [-0.1, -0.05) is 0 Å². The highest BCUT2D eigenvalue weighted by molar-refractivity contribution is 9.10. The molecule has 1 aromatic heterocycles. The molecule has 4 nitrogen and oxygen atoms in total. The molecule has 1 saturated carbocycles. The molecule has 0 atom stereocenters. The summed E-state index contributed by atoms with van der Waals surface area (Å²) in [6, 6.07) is 1.34. The van der Waals surface area contributed by atoms with E-state index in [-0.39, 0.29) is 11.8 Å². The number of hydrogen-bond donors (Lipinski definition) is 1. The van der Waals surface area contributed by atoms with Gasteiger partial charge in [-0.3, -0.25) is 4.79 Å². The van der Waals surface area contributed by atoms with Crippen molar-refractivity contribution in [1.82, 2.24) is 10.3 Å². The first kappa shape index (κ1) is 14.6. The van der Waals surface area contributed by atoms with Gasteiger partial charge in [0, 0.05) is 25.3 Å². The van der Waals surface area contributed by atoms with Crippen LogP contribution in [-0.4, -0.2) is 30.0 Å². The first-order valence-electron chi connectivity index (χ1n) is 6.62. The summed E-state index contributed by atoms with van der Waals surface area (Å²) in [7, 11) is 0. The van der Waals surface area contributed by atoms with E-state index in [0.29, 0.717) is 29.4 Å². The summed E-state index contributed by atoms with van der Waals surface area (Å²) in [5.41, 5.74) is -0.790. The van der Waals surface area contributed by atoms with Gasteiger partial charge in [0.05, 0.1) is 16.0 Å². The quantitative estimate of drug-likeness (QED) is 0.897. The first-order chi connectivity index (χ1) is 9.84. The smallest absolute Gasteiger partial charge is 0.354 e. The van der Waals surface area contributed by atoms with Gasteiger partial charge in [0.1, 0.15) is 5.82 Å².